The number of hydrogen-bond acceptors (Lipinski definition) is 5. The Labute approximate surface area is 158 Å². The lowest BCUT2D eigenvalue weighted by molar-refractivity contribution is -0.137. The van der Waals surface area contributed by atoms with E-state index >= 15 is 0 Å². The Morgan fingerprint density at radius 3 is 2.46 bits per heavy atom. The third-order valence-electron chi connectivity index (χ3n) is 4.34. The minimum absolute atomic E-state index is 0.0393. The minimum Gasteiger partial charge on any atom is -0.360 e. The lowest BCUT2D eigenvalue weighted by atomic mass is 9.95. The SMILES string of the molecule is Cc1cc(-n2c(C)cc(C(=O)C(C#N)c3ccc(C(F)(F)F)cn3)c2C)no1. The van der Waals surface area contributed by atoms with E-state index in [2.05, 4.69) is 10.1 Å². The molecule has 3 rings (SSSR count). The van der Waals surface area contributed by atoms with Crippen molar-refractivity contribution in [2.24, 2.45) is 0 Å². The van der Waals surface area contributed by atoms with Crippen molar-refractivity contribution in [1.82, 2.24) is 14.7 Å². The van der Waals surface area contributed by atoms with E-state index in [-0.39, 0.29) is 11.3 Å². The summed E-state index contributed by atoms with van der Waals surface area (Å²) in [6.07, 6.45) is -3.92. The molecule has 0 bridgehead atoms. The maximum atomic E-state index is 12.9. The molecule has 0 aliphatic rings. The van der Waals surface area contributed by atoms with Crippen molar-refractivity contribution in [3.8, 4) is 11.9 Å². The molecule has 0 aliphatic heterocycles. The van der Waals surface area contributed by atoms with Gasteiger partial charge in [0.25, 0.3) is 0 Å². The van der Waals surface area contributed by atoms with Gasteiger partial charge in [-0.15, -0.1) is 0 Å². The standard InChI is InChI=1S/C19H15F3N4O2/c1-10-6-14(12(3)26(10)17-7-11(2)28-25-17)18(27)15(8-23)16-5-4-13(9-24-16)19(20,21)22/h4-7,9,15H,1-3H3. The number of aryl methyl sites for hydroxylation is 2. The van der Waals surface area contributed by atoms with Crippen molar-refractivity contribution in [2.45, 2.75) is 32.9 Å². The molecule has 0 aliphatic carbocycles. The van der Waals surface area contributed by atoms with E-state index in [1.54, 1.807) is 37.5 Å². The highest BCUT2D eigenvalue weighted by molar-refractivity contribution is 6.03. The zero-order chi connectivity index (χ0) is 20.6. The third kappa shape index (κ3) is 3.41. The van der Waals surface area contributed by atoms with Gasteiger partial charge in [0.2, 0.25) is 0 Å². The zero-order valence-electron chi connectivity index (χ0n) is 15.2. The predicted octanol–water partition coefficient (Wildman–Crippen LogP) is 4.29. The summed E-state index contributed by atoms with van der Waals surface area (Å²) in [6, 6.07) is 7.00. The normalized spacial score (nSPS) is 12.6. The summed E-state index contributed by atoms with van der Waals surface area (Å²) < 4.78 is 44.9. The Morgan fingerprint density at radius 1 is 1.25 bits per heavy atom. The number of rotatable bonds is 4. The number of aromatic nitrogens is 3. The zero-order valence-corrected chi connectivity index (χ0v) is 15.2. The lowest BCUT2D eigenvalue weighted by Gasteiger charge is -2.10. The van der Waals surface area contributed by atoms with Gasteiger partial charge in [-0.25, -0.2) is 0 Å². The molecule has 0 aromatic carbocycles. The van der Waals surface area contributed by atoms with Gasteiger partial charge < -0.3 is 4.52 Å². The van der Waals surface area contributed by atoms with Crippen LogP contribution in [0.3, 0.4) is 0 Å². The van der Waals surface area contributed by atoms with E-state index in [1.807, 2.05) is 6.07 Å². The number of Topliss-reactive ketones (excluding diaryl/α,β-unsaturated/α-hetero) is 1. The number of pyridine rings is 1. The van der Waals surface area contributed by atoms with Crippen LogP contribution in [0.4, 0.5) is 13.2 Å². The van der Waals surface area contributed by atoms with Crippen LogP contribution in [0.1, 0.15) is 44.7 Å². The highest BCUT2D eigenvalue weighted by atomic mass is 19.4. The van der Waals surface area contributed by atoms with Crippen molar-refractivity contribution in [3.05, 3.63) is 64.4 Å². The van der Waals surface area contributed by atoms with Gasteiger partial charge in [-0.1, -0.05) is 5.16 Å². The van der Waals surface area contributed by atoms with Gasteiger partial charge in [-0.2, -0.15) is 18.4 Å². The molecule has 144 valence electrons. The number of carbonyl (C=O) groups excluding carboxylic acids is 1. The van der Waals surface area contributed by atoms with Crippen molar-refractivity contribution >= 4 is 5.78 Å². The molecule has 3 aromatic rings. The number of alkyl halides is 3. The van der Waals surface area contributed by atoms with Crippen molar-refractivity contribution in [1.29, 1.82) is 5.26 Å². The van der Waals surface area contributed by atoms with Crippen LogP contribution in [0, 0.1) is 32.1 Å². The molecule has 0 radical (unpaired) electrons. The Morgan fingerprint density at radius 2 is 1.96 bits per heavy atom. The van der Waals surface area contributed by atoms with E-state index < -0.39 is 23.4 Å². The number of halogens is 3. The smallest absolute Gasteiger partial charge is 0.360 e. The second-order valence-corrected chi connectivity index (χ2v) is 6.31. The van der Waals surface area contributed by atoms with Crippen LogP contribution in [-0.4, -0.2) is 20.5 Å². The number of hydrogen-bond donors (Lipinski definition) is 0. The van der Waals surface area contributed by atoms with Crippen molar-refractivity contribution < 1.29 is 22.5 Å². The fourth-order valence-corrected chi connectivity index (χ4v) is 2.98. The van der Waals surface area contributed by atoms with E-state index in [1.165, 1.54) is 0 Å². The molecule has 0 fully saturated rings. The molecule has 0 spiro atoms. The molecule has 3 heterocycles. The van der Waals surface area contributed by atoms with Gasteiger partial charge in [-0.3, -0.25) is 14.3 Å². The van der Waals surface area contributed by atoms with Crippen molar-refractivity contribution in [2.75, 3.05) is 0 Å². The van der Waals surface area contributed by atoms with Crippen LogP contribution in [-0.2, 0) is 6.18 Å². The first kappa shape index (κ1) is 19.4. The topological polar surface area (TPSA) is 84.7 Å². The maximum absolute atomic E-state index is 12.9. The summed E-state index contributed by atoms with van der Waals surface area (Å²) in [5, 5.41) is 13.4. The van der Waals surface area contributed by atoms with Gasteiger partial charge in [0.1, 0.15) is 5.76 Å². The Bertz CT molecular complexity index is 1070. The Kier molecular flexibility index (Phi) is 4.81. The van der Waals surface area contributed by atoms with E-state index in [9.17, 15) is 23.2 Å². The average Bonchev–Trinajstić information content (AvgIpc) is 3.17. The second-order valence-electron chi connectivity index (χ2n) is 6.31. The van der Waals surface area contributed by atoms with Gasteiger partial charge in [-0.05, 0) is 39.0 Å². The van der Waals surface area contributed by atoms with Gasteiger partial charge in [0.15, 0.2) is 17.5 Å². The fraction of sp³-hybridized carbons (Fsp3) is 0.263. The quantitative estimate of drug-likeness (QED) is 0.623. The van der Waals surface area contributed by atoms with E-state index in [4.69, 9.17) is 4.52 Å². The van der Waals surface area contributed by atoms with E-state index in [0.29, 0.717) is 29.2 Å². The van der Waals surface area contributed by atoms with Gasteiger partial charge in [0.05, 0.1) is 17.3 Å². The molecule has 0 saturated carbocycles. The van der Waals surface area contributed by atoms with Crippen molar-refractivity contribution in [3.63, 3.8) is 0 Å². The summed E-state index contributed by atoms with van der Waals surface area (Å²) in [4.78, 5) is 16.6. The monoisotopic (exact) mass is 388 g/mol. The van der Waals surface area contributed by atoms with E-state index in [0.717, 1.165) is 12.1 Å². The van der Waals surface area contributed by atoms with Crippen LogP contribution in [0.5, 0.6) is 0 Å². The van der Waals surface area contributed by atoms with Crippen LogP contribution >= 0.6 is 0 Å². The largest absolute Gasteiger partial charge is 0.417 e. The maximum Gasteiger partial charge on any atom is 0.417 e. The Balaban J connectivity index is 1.98. The first-order chi connectivity index (χ1) is 13.1. The third-order valence-corrected chi connectivity index (χ3v) is 4.34. The van der Waals surface area contributed by atoms with Gasteiger partial charge in [0, 0.05) is 29.2 Å². The molecule has 3 aromatic heterocycles. The van der Waals surface area contributed by atoms with Gasteiger partial charge >= 0.3 is 6.18 Å². The fourth-order valence-electron chi connectivity index (χ4n) is 2.98. The predicted molar refractivity (Wildman–Crippen MR) is 92.0 cm³/mol. The summed E-state index contributed by atoms with van der Waals surface area (Å²) in [5.74, 6) is -0.781. The molecule has 1 atom stereocenters. The summed E-state index contributed by atoms with van der Waals surface area (Å²) in [7, 11) is 0. The molecule has 6 nitrogen and oxygen atoms in total. The van der Waals surface area contributed by atoms with Crippen LogP contribution < -0.4 is 0 Å². The molecule has 0 saturated heterocycles. The highest BCUT2D eigenvalue weighted by Gasteiger charge is 2.32. The number of nitriles is 1. The molecule has 0 amide bonds. The number of ketones is 1. The highest BCUT2D eigenvalue weighted by Crippen LogP contribution is 2.30. The molecular formula is C19H15F3N4O2. The second kappa shape index (κ2) is 6.96. The van der Waals surface area contributed by atoms with Crippen LogP contribution in [0.2, 0.25) is 0 Å². The summed E-state index contributed by atoms with van der Waals surface area (Å²) in [5.41, 5.74) is 0.531. The van der Waals surface area contributed by atoms with Crippen LogP contribution in [0.25, 0.3) is 5.82 Å². The molecule has 28 heavy (non-hydrogen) atoms. The number of nitrogens with zero attached hydrogens (tertiary/aromatic N) is 4. The first-order valence-electron chi connectivity index (χ1n) is 8.23. The molecule has 1 unspecified atom stereocenters. The number of carbonyl (C=O) groups is 1. The molecular weight excluding hydrogens is 373 g/mol. The summed E-state index contributed by atoms with van der Waals surface area (Å²) >= 11 is 0. The lowest BCUT2D eigenvalue weighted by Crippen LogP contribution is -2.15. The summed E-state index contributed by atoms with van der Waals surface area (Å²) in [6.45, 7) is 5.20. The molecule has 0 N–H and O–H groups in total. The Hall–Kier alpha value is -3.41. The minimum atomic E-state index is -4.54. The average molecular weight is 388 g/mol. The molecule has 9 heteroatoms. The van der Waals surface area contributed by atoms with Crippen LogP contribution in [0.15, 0.2) is 35.0 Å². The first-order valence-corrected chi connectivity index (χ1v) is 8.23.